The molecule has 0 radical (unpaired) electrons. The molecule has 1 unspecified atom stereocenters. The minimum atomic E-state index is -2.11. The van der Waals surface area contributed by atoms with Crippen LogP contribution in [0.15, 0.2) is 59.2 Å². The van der Waals surface area contributed by atoms with Gasteiger partial charge in [0.1, 0.15) is 35.1 Å². The number of aryl methyl sites for hydroxylation is 1. The summed E-state index contributed by atoms with van der Waals surface area (Å²) in [4.78, 5) is 29.4. The molecule has 1 saturated heterocycles. The summed E-state index contributed by atoms with van der Waals surface area (Å²) in [6, 6.07) is 4.01. The molecule has 1 fully saturated rings. The Bertz CT molecular complexity index is 1510. The van der Waals surface area contributed by atoms with Crippen LogP contribution in [-0.2, 0) is 25.2 Å². The van der Waals surface area contributed by atoms with Gasteiger partial charge in [0.05, 0.1) is 12.0 Å². The summed E-state index contributed by atoms with van der Waals surface area (Å²) in [6.07, 6.45) is 9.71. The van der Waals surface area contributed by atoms with Crippen molar-refractivity contribution in [2.45, 2.75) is 123 Å². The number of esters is 1. The number of hydrogen-bond acceptors (Lipinski definition) is 8. The Morgan fingerprint density at radius 2 is 1.98 bits per heavy atom. The van der Waals surface area contributed by atoms with Crippen LogP contribution in [0, 0.1) is 11.8 Å². The summed E-state index contributed by atoms with van der Waals surface area (Å²) in [6.45, 7) is 27.4. The van der Waals surface area contributed by atoms with E-state index in [1.807, 2.05) is 13.0 Å². The zero-order valence-electron chi connectivity index (χ0n) is 31.7. The number of rotatable bonds is 17. The molecule has 7 nitrogen and oxygen atoms in total. The van der Waals surface area contributed by atoms with E-state index in [4.69, 9.17) is 13.9 Å². The first-order valence-corrected chi connectivity index (χ1v) is 23.0. The zero-order chi connectivity index (χ0) is 37.0. The third-order valence-electron chi connectivity index (χ3n) is 10.7. The second kappa shape index (κ2) is 17.0. The predicted octanol–water partition coefficient (Wildman–Crippen LogP) is 10.1. The lowest BCUT2D eigenvalue weighted by molar-refractivity contribution is -0.157. The van der Waals surface area contributed by atoms with Crippen LogP contribution in [0.1, 0.15) is 97.6 Å². The van der Waals surface area contributed by atoms with Crippen LogP contribution in [0.25, 0.3) is 0 Å². The SMILES string of the molecule is C=CCOC(=O)C1=C(CSCOc2cc(CCCCC)cc(O)c2[C@@H]2C=C(C)CC[C@H]2C(=C)C)SC2[C@@H]([C@@H](C)O[Si](C)(C)C(C)(C)C)C(=O)N12. The highest BCUT2D eigenvalue weighted by atomic mass is 32.2. The molecule has 0 aromatic heterocycles. The number of hydrogen-bond donors (Lipinski definition) is 1. The molecule has 1 aromatic rings. The maximum absolute atomic E-state index is 13.6. The number of benzene rings is 1. The smallest absolute Gasteiger partial charge is 0.356 e. The molecule has 50 heavy (non-hydrogen) atoms. The highest BCUT2D eigenvalue weighted by molar-refractivity contribution is 8.06. The van der Waals surface area contributed by atoms with Gasteiger partial charge in [0.2, 0.25) is 5.91 Å². The fourth-order valence-electron chi connectivity index (χ4n) is 6.84. The molecule has 2 aliphatic heterocycles. The second-order valence-corrected chi connectivity index (χ2v) is 22.5. The van der Waals surface area contributed by atoms with E-state index in [-0.39, 0.29) is 52.5 Å². The van der Waals surface area contributed by atoms with E-state index >= 15 is 0 Å². The molecule has 5 atom stereocenters. The van der Waals surface area contributed by atoms with Crippen LogP contribution in [-0.4, -0.2) is 60.0 Å². The Morgan fingerprint density at radius 1 is 1.26 bits per heavy atom. The molecule has 1 N–H and O–H groups in total. The van der Waals surface area contributed by atoms with Gasteiger partial charge in [-0.15, -0.1) is 23.5 Å². The van der Waals surface area contributed by atoms with Crippen LogP contribution in [0.2, 0.25) is 18.1 Å². The highest BCUT2D eigenvalue weighted by Crippen LogP contribution is 2.53. The Kier molecular flexibility index (Phi) is 13.7. The van der Waals surface area contributed by atoms with Gasteiger partial charge in [-0.1, -0.05) is 77.0 Å². The first-order valence-electron chi connectivity index (χ1n) is 18.1. The Morgan fingerprint density at radius 3 is 2.62 bits per heavy atom. The van der Waals surface area contributed by atoms with E-state index < -0.39 is 14.3 Å². The quantitative estimate of drug-likeness (QED) is 0.0422. The number of ether oxygens (including phenoxy) is 2. The number of allylic oxidation sites excluding steroid dienone is 3. The van der Waals surface area contributed by atoms with Gasteiger partial charge in [-0.3, -0.25) is 9.69 Å². The van der Waals surface area contributed by atoms with E-state index in [0.717, 1.165) is 60.1 Å². The molecule has 1 aliphatic carbocycles. The zero-order valence-corrected chi connectivity index (χ0v) is 34.4. The molecule has 1 amide bonds. The number of nitrogens with zero attached hydrogens (tertiary/aromatic N) is 1. The third-order valence-corrected chi connectivity index (χ3v) is 17.6. The molecule has 1 aromatic carbocycles. The number of β-lactam (4-membered cyclic amide) rings is 1. The van der Waals surface area contributed by atoms with Crippen molar-refractivity contribution in [2.75, 3.05) is 18.3 Å². The minimum Gasteiger partial charge on any atom is -0.507 e. The number of aromatic hydroxyl groups is 1. The van der Waals surface area contributed by atoms with Gasteiger partial charge in [-0.05, 0) is 88.2 Å². The number of carbonyl (C=O) groups excluding carboxylic acids is 2. The summed E-state index contributed by atoms with van der Waals surface area (Å²) in [5.74, 6) is 0.985. The van der Waals surface area contributed by atoms with Crippen LogP contribution in [0.3, 0.4) is 0 Å². The normalized spacial score (nSPS) is 22.9. The van der Waals surface area contributed by atoms with Crippen LogP contribution < -0.4 is 4.74 Å². The Balaban J connectivity index is 1.55. The first-order chi connectivity index (χ1) is 23.5. The van der Waals surface area contributed by atoms with Crippen molar-refractivity contribution >= 4 is 43.7 Å². The summed E-state index contributed by atoms with van der Waals surface area (Å²) < 4.78 is 18.6. The van der Waals surface area contributed by atoms with Gasteiger partial charge in [-0.25, -0.2) is 4.79 Å². The molecule has 3 aliphatic rings. The van der Waals surface area contributed by atoms with E-state index in [1.54, 1.807) is 16.7 Å². The summed E-state index contributed by atoms with van der Waals surface area (Å²) in [7, 11) is -2.11. The lowest BCUT2D eigenvalue weighted by Crippen LogP contribution is -2.62. The summed E-state index contributed by atoms with van der Waals surface area (Å²) >= 11 is 3.09. The first kappa shape index (κ1) is 40.4. The molecule has 4 rings (SSSR count). The number of phenols is 1. The number of phenolic OH excluding ortho intramolecular Hbond substituents is 1. The average molecular weight is 742 g/mol. The van der Waals surface area contributed by atoms with Gasteiger partial charge >= 0.3 is 5.97 Å². The largest absolute Gasteiger partial charge is 0.507 e. The van der Waals surface area contributed by atoms with E-state index in [2.05, 4.69) is 79.9 Å². The van der Waals surface area contributed by atoms with Crippen molar-refractivity contribution < 1.29 is 28.6 Å². The van der Waals surface area contributed by atoms with Gasteiger partial charge < -0.3 is 19.0 Å². The van der Waals surface area contributed by atoms with E-state index in [1.165, 1.54) is 23.4 Å². The van der Waals surface area contributed by atoms with Gasteiger partial charge in [0, 0.05) is 22.1 Å². The fourth-order valence-corrected chi connectivity index (χ4v) is 10.8. The molecule has 276 valence electrons. The lowest BCUT2D eigenvalue weighted by atomic mass is 9.73. The monoisotopic (exact) mass is 741 g/mol. The van der Waals surface area contributed by atoms with Crippen molar-refractivity contribution in [2.24, 2.45) is 11.8 Å². The molecule has 2 heterocycles. The van der Waals surface area contributed by atoms with Gasteiger partial charge in [-0.2, -0.15) is 0 Å². The fraction of sp³-hybridized carbons (Fsp3) is 0.600. The van der Waals surface area contributed by atoms with Crippen molar-refractivity contribution in [3.05, 3.63) is 70.3 Å². The lowest BCUT2D eigenvalue weighted by Gasteiger charge is -2.48. The Labute approximate surface area is 310 Å². The maximum Gasteiger partial charge on any atom is 0.356 e. The Hall–Kier alpha value is -2.40. The van der Waals surface area contributed by atoms with Crippen LogP contribution in [0.5, 0.6) is 11.5 Å². The summed E-state index contributed by atoms with van der Waals surface area (Å²) in [5, 5.41) is 11.3. The molecule has 10 heteroatoms. The predicted molar refractivity (Wildman–Crippen MR) is 211 cm³/mol. The van der Waals surface area contributed by atoms with Crippen molar-refractivity contribution in [3.63, 3.8) is 0 Å². The van der Waals surface area contributed by atoms with Gasteiger partial charge in [0.15, 0.2) is 8.32 Å². The van der Waals surface area contributed by atoms with Crippen molar-refractivity contribution in [1.29, 1.82) is 0 Å². The van der Waals surface area contributed by atoms with E-state index in [0.29, 0.717) is 23.1 Å². The molecule has 0 saturated carbocycles. The van der Waals surface area contributed by atoms with Crippen LogP contribution >= 0.6 is 23.5 Å². The number of fused-ring (bicyclic) bond motifs is 1. The number of amides is 1. The van der Waals surface area contributed by atoms with Crippen molar-refractivity contribution in [3.8, 4) is 11.5 Å². The topological polar surface area (TPSA) is 85.3 Å². The number of unbranched alkanes of at least 4 members (excludes halogenated alkanes) is 2. The molecule has 0 bridgehead atoms. The number of carbonyl (C=O) groups is 2. The van der Waals surface area contributed by atoms with E-state index in [9.17, 15) is 14.7 Å². The van der Waals surface area contributed by atoms with Crippen LogP contribution in [0.4, 0.5) is 0 Å². The maximum atomic E-state index is 13.6. The molecular formula is C40H59NO6S2Si. The number of thioether (sulfide) groups is 2. The standard InChI is InChI=1S/C40H59NO6S2Si/c1-12-14-15-16-28-21-31(42)35(30-20-26(5)17-18-29(30)25(3)4)32(22-28)46-24-48-23-33-36(39(44)45-19-13-2)41-37(43)34(38(41)49-33)27(6)47-50(10,11)40(7,8)9/h13,20-22,27,29-30,34,38,42H,2-3,12,14-19,23-24H2,1,4-11H3/t27-,29+,30-,34+,38?/m1/s1. The molecule has 0 spiro atoms. The second-order valence-electron chi connectivity index (χ2n) is 15.6. The minimum absolute atomic E-state index is 0.0134. The van der Waals surface area contributed by atoms with Crippen molar-refractivity contribution in [1.82, 2.24) is 4.90 Å². The van der Waals surface area contributed by atoms with Gasteiger partial charge in [0.25, 0.3) is 0 Å². The molecular weight excluding hydrogens is 683 g/mol. The average Bonchev–Trinajstić information content (AvgIpc) is 3.35. The summed E-state index contributed by atoms with van der Waals surface area (Å²) in [5.41, 5.74) is 4.61. The highest BCUT2D eigenvalue weighted by Gasteiger charge is 2.59. The third kappa shape index (κ3) is 8.96.